The van der Waals surface area contributed by atoms with Gasteiger partial charge >= 0.3 is 0 Å². The zero-order valence-electron chi connectivity index (χ0n) is 17.5. The lowest BCUT2D eigenvalue weighted by Crippen LogP contribution is -2.10. The Balaban J connectivity index is 1.77. The third-order valence-corrected chi connectivity index (χ3v) is 5.24. The smallest absolute Gasteiger partial charge is 0.248 e. The molecule has 4 aromatic rings. The molecular formula is C26H22FNO3. The van der Waals surface area contributed by atoms with Gasteiger partial charge in [-0.15, -0.1) is 0 Å². The number of furan rings is 1. The van der Waals surface area contributed by atoms with Crippen molar-refractivity contribution in [2.45, 2.75) is 13.8 Å². The number of aryl methyl sites for hydroxylation is 1. The standard InChI is InChI=1S/C26H22FNO3/c1-16(13-24(29)28-23-12-8-7-11-22(23)27)19-14-20-21(18-9-5-4-6-10-18)15-31-26(20)17(2)25(19)30-3/h4-15H,1-3H3,(H,28,29)/b16-13+. The van der Waals surface area contributed by atoms with Gasteiger partial charge in [0, 0.05) is 28.2 Å². The molecule has 1 aromatic heterocycles. The number of carbonyl (C=O) groups excluding carboxylic acids is 1. The molecule has 156 valence electrons. The number of allylic oxidation sites excluding steroid dienone is 1. The van der Waals surface area contributed by atoms with Crippen LogP contribution < -0.4 is 10.1 Å². The van der Waals surface area contributed by atoms with Gasteiger partial charge in [-0.2, -0.15) is 0 Å². The number of rotatable bonds is 5. The normalized spacial score (nSPS) is 11.5. The summed E-state index contributed by atoms with van der Waals surface area (Å²) < 4.78 is 25.4. The van der Waals surface area contributed by atoms with Crippen molar-refractivity contribution in [3.63, 3.8) is 0 Å². The van der Waals surface area contributed by atoms with Crippen molar-refractivity contribution < 1.29 is 18.3 Å². The number of amides is 1. The second-order valence-electron chi connectivity index (χ2n) is 7.27. The first-order valence-corrected chi connectivity index (χ1v) is 9.88. The Bertz CT molecular complexity index is 1290. The maximum absolute atomic E-state index is 13.9. The highest BCUT2D eigenvalue weighted by Gasteiger charge is 2.18. The van der Waals surface area contributed by atoms with E-state index >= 15 is 0 Å². The van der Waals surface area contributed by atoms with Crippen LogP contribution >= 0.6 is 0 Å². The number of hydrogen-bond donors (Lipinski definition) is 1. The molecule has 0 aliphatic carbocycles. The molecule has 1 N–H and O–H groups in total. The fraction of sp³-hybridized carbons (Fsp3) is 0.115. The first-order chi connectivity index (χ1) is 15.0. The van der Waals surface area contributed by atoms with E-state index in [-0.39, 0.29) is 5.69 Å². The van der Waals surface area contributed by atoms with Gasteiger partial charge in [-0.05, 0) is 43.2 Å². The van der Waals surface area contributed by atoms with E-state index in [1.807, 2.05) is 50.2 Å². The summed E-state index contributed by atoms with van der Waals surface area (Å²) >= 11 is 0. The molecule has 31 heavy (non-hydrogen) atoms. The largest absolute Gasteiger partial charge is 0.496 e. The summed E-state index contributed by atoms with van der Waals surface area (Å²) in [5.41, 5.74) is 5.19. The summed E-state index contributed by atoms with van der Waals surface area (Å²) in [6.07, 6.45) is 3.18. The van der Waals surface area contributed by atoms with Gasteiger partial charge in [-0.25, -0.2) is 4.39 Å². The highest BCUT2D eigenvalue weighted by atomic mass is 19.1. The molecule has 5 heteroatoms. The molecule has 0 spiro atoms. The van der Waals surface area contributed by atoms with Crippen LogP contribution in [0, 0.1) is 12.7 Å². The molecular weight excluding hydrogens is 393 g/mol. The van der Waals surface area contributed by atoms with Crippen molar-refractivity contribution in [1.29, 1.82) is 0 Å². The third kappa shape index (κ3) is 3.94. The molecule has 4 rings (SSSR count). The van der Waals surface area contributed by atoms with E-state index in [0.29, 0.717) is 11.3 Å². The Labute approximate surface area is 180 Å². The number of halogens is 1. The van der Waals surface area contributed by atoms with Crippen LogP contribution in [0.25, 0.3) is 27.7 Å². The van der Waals surface area contributed by atoms with Gasteiger partial charge in [0.2, 0.25) is 5.91 Å². The summed E-state index contributed by atoms with van der Waals surface area (Å²) in [4.78, 5) is 12.5. The average Bonchev–Trinajstić information content (AvgIpc) is 3.20. The van der Waals surface area contributed by atoms with Crippen LogP contribution in [0.15, 0.2) is 77.4 Å². The van der Waals surface area contributed by atoms with Crippen LogP contribution in [-0.4, -0.2) is 13.0 Å². The first kappa shape index (κ1) is 20.4. The predicted octanol–water partition coefficient (Wildman–Crippen LogP) is 6.60. The van der Waals surface area contributed by atoms with E-state index in [4.69, 9.17) is 9.15 Å². The van der Waals surface area contributed by atoms with Crippen molar-refractivity contribution in [2.75, 3.05) is 12.4 Å². The lowest BCUT2D eigenvalue weighted by atomic mass is 9.96. The molecule has 1 heterocycles. The Morgan fingerprint density at radius 3 is 2.52 bits per heavy atom. The van der Waals surface area contributed by atoms with Gasteiger partial charge in [0.25, 0.3) is 0 Å². The number of ether oxygens (including phenoxy) is 1. The summed E-state index contributed by atoms with van der Waals surface area (Å²) in [6, 6.07) is 18.0. The minimum Gasteiger partial charge on any atom is -0.496 e. The van der Waals surface area contributed by atoms with Crippen LogP contribution in [0.1, 0.15) is 18.1 Å². The van der Waals surface area contributed by atoms with E-state index in [1.165, 1.54) is 18.2 Å². The molecule has 0 saturated heterocycles. The number of carbonyl (C=O) groups is 1. The van der Waals surface area contributed by atoms with Crippen LogP contribution in [0.2, 0.25) is 0 Å². The molecule has 1 amide bonds. The van der Waals surface area contributed by atoms with Gasteiger partial charge in [0.15, 0.2) is 0 Å². The van der Waals surface area contributed by atoms with Gasteiger partial charge < -0.3 is 14.5 Å². The number of anilines is 1. The summed E-state index contributed by atoms with van der Waals surface area (Å²) in [6.45, 7) is 3.75. The van der Waals surface area contributed by atoms with Gasteiger partial charge in [-0.3, -0.25) is 4.79 Å². The van der Waals surface area contributed by atoms with E-state index in [2.05, 4.69) is 5.32 Å². The minimum atomic E-state index is -0.484. The first-order valence-electron chi connectivity index (χ1n) is 9.88. The van der Waals surface area contributed by atoms with E-state index < -0.39 is 11.7 Å². The van der Waals surface area contributed by atoms with Gasteiger partial charge in [-0.1, -0.05) is 42.5 Å². The number of benzene rings is 3. The molecule has 3 aromatic carbocycles. The lowest BCUT2D eigenvalue weighted by molar-refractivity contribution is -0.111. The van der Waals surface area contributed by atoms with E-state index in [0.717, 1.165) is 33.2 Å². The number of fused-ring (bicyclic) bond motifs is 1. The molecule has 0 bridgehead atoms. The molecule has 0 fully saturated rings. The second kappa shape index (κ2) is 8.48. The van der Waals surface area contributed by atoms with Crippen molar-refractivity contribution in [3.8, 4) is 16.9 Å². The number of nitrogens with one attached hydrogen (secondary N) is 1. The highest BCUT2D eigenvalue weighted by Crippen LogP contribution is 2.40. The van der Waals surface area contributed by atoms with Crippen LogP contribution in [0.4, 0.5) is 10.1 Å². The van der Waals surface area contributed by atoms with Crippen molar-refractivity contribution in [1.82, 2.24) is 0 Å². The Kier molecular flexibility index (Phi) is 5.58. The molecule has 0 radical (unpaired) electrons. The lowest BCUT2D eigenvalue weighted by Gasteiger charge is -2.13. The Hall–Kier alpha value is -3.86. The quantitative estimate of drug-likeness (QED) is 0.374. The molecule has 0 saturated carbocycles. The van der Waals surface area contributed by atoms with Gasteiger partial charge in [0.1, 0.15) is 17.1 Å². The second-order valence-corrected chi connectivity index (χ2v) is 7.27. The van der Waals surface area contributed by atoms with Crippen LogP contribution in [0.5, 0.6) is 5.75 Å². The topological polar surface area (TPSA) is 51.5 Å². The van der Waals surface area contributed by atoms with Gasteiger partial charge in [0.05, 0.1) is 19.1 Å². The summed E-state index contributed by atoms with van der Waals surface area (Å²) in [5.74, 6) is -0.269. The van der Waals surface area contributed by atoms with Crippen molar-refractivity contribution in [2.24, 2.45) is 0 Å². The number of hydrogen-bond acceptors (Lipinski definition) is 3. The fourth-order valence-electron chi connectivity index (χ4n) is 3.72. The zero-order chi connectivity index (χ0) is 22.0. The fourth-order valence-corrected chi connectivity index (χ4v) is 3.72. The van der Waals surface area contributed by atoms with E-state index in [9.17, 15) is 9.18 Å². The summed E-state index contributed by atoms with van der Waals surface area (Å²) in [5, 5.41) is 3.51. The minimum absolute atomic E-state index is 0.136. The Morgan fingerprint density at radius 2 is 1.81 bits per heavy atom. The number of methoxy groups -OCH3 is 1. The van der Waals surface area contributed by atoms with Crippen molar-refractivity contribution >= 4 is 28.1 Å². The molecule has 0 atom stereocenters. The predicted molar refractivity (Wildman–Crippen MR) is 122 cm³/mol. The SMILES string of the molecule is COc1c(/C(C)=C/C(=O)Nc2ccccc2F)cc2c(-c3ccccc3)coc2c1C. The zero-order valence-corrected chi connectivity index (χ0v) is 17.5. The summed E-state index contributed by atoms with van der Waals surface area (Å²) in [7, 11) is 1.59. The van der Waals surface area contributed by atoms with E-state index in [1.54, 1.807) is 25.5 Å². The number of para-hydroxylation sites is 1. The molecule has 0 unspecified atom stereocenters. The average molecular weight is 415 g/mol. The maximum atomic E-state index is 13.9. The molecule has 4 nitrogen and oxygen atoms in total. The van der Waals surface area contributed by atoms with Crippen LogP contribution in [0.3, 0.4) is 0 Å². The van der Waals surface area contributed by atoms with Crippen LogP contribution in [-0.2, 0) is 4.79 Å². The monoisotopic (exact) mass is 415 g/mol. The maximum Gasteiger partial charge on any atom is 0.248 e. The highest BCUT2D eigenvalue weighted by molar-refractivity contribution is 6.06. The Morgan fingerprint density at radius 1 is 1.10 bits per heavy atom. The van der Waals surface area contributed by atoms with Crippen molar-refractivity contribution in [3.05, 3.63) is 89.9 Å². The molecule has 0 aliphatic heterocycles. The molecule has 0 aliphatic rings. The third-order valence-electron chi connectivity index (χ3n) is 5.24.